The molecule has 2 aromatic rings. The van der Waals surface area contributed by atoms with E-state index in [1.165, 1.54) is 29.6 Å². The molecule has 42 heavy (non-hydrogen) atoms. The van der Waals surface area contributed by atoms with Crippen molar-refractivity contribution in [1.29, 1.82) is 0 Å². The minimum atomic E-state index is -1.75. The van der Waals surface area contributed by atoms with Crippen LogP contribution in [-0.4, -0.2) is 74.7 Å². The van der Waals surface area contributed by atoms with Gasteiger partial charge in [0.25, 0.3) is 17.5 Å². The zero-order chi connectivity index (χ0) is 29.4. The Kier molecular flexibility index (Phi) is 8.95. The number of fused-ring (bicyclic) bond motifs is 1. The molecule has 0 radical (unpaired) electrons. The maximum absolute atomic E-state index is 13.1. The van der Waals surface area contributed by atoms with Gasteiger partial charge in [0, 0.05) is 41.6 Å². The van der Waals surface area contributed by atoms with E-state index in [0.717, 1.165) is 16.2 Å². The monoisotopic (exact) mass is 605 g/mol. The fraction of sp³-hybridized carbons (Fsp3) is 0.250. The molecule has 1 aromatic heterocycles. The Labute approximate surface area is 262 Å². The van der Waals surface area contributed by atoms with E-state index in [2.05, 4.69) is 20.8 Å². The quantitative estimate of drug-likeness (QED) is 0.0425. The van der Waals surface area contributed by atoms with Crippen LogP contribution in [0, 0.1) is 10.1 Å². The number of anilines is 1. The Morgan fingerprint density at radius 2 is 2.02 bits per heavy atom. The summed E-state index contributed by atoms with van der Waals surface area (Å²) in [4.78, 5) is 66.1. The van der Waals surface area contributed by atoms with Crippen LogP contribution in [0.4, 0.5) is 10.8 Å². The third kappa shape index (κ3) is 5.58. The summed E-state index contributed by atoms with van der Waals surface area (Å²) in [7, 11) is 0. The van der Waals surface area contributed by atoms with Crippen LogP contribution < -0.4 is 51.0 Å². The summed E-state index contributed by atoms with van der Waals surface area (Å²) in [5.74, 6) is -4.20. The number of carbonyl (C=O) groups is 4. The van der Waals surface area contributed by atoms with Crippen molar-refractivity contribution in [2.45, 2.75) is 24.9 Å². The number of oxime groups is 1. The van der Waals surface area contributed by atoms with Crippen molar-refractivity contribution in [3.8, 4) is 0 Å². The number of thiazole rings is 1. The number of nitro benzene ring substituents is 1. The first-order chi connectivity index (χ1) is 19.6. The van der Waals surface area contributed by atoms with Gasteiger partial charge in [0.1, 0.15) is 35.8 Å². The van der Waals surface area contributed by atoms with Gasteiger partial charge in [-0.2, -0.15) is 0 Å². The van der Waals surface area contributed by atoms with Crippen LogP contribution in [0.5, 0.6) is 0 Å². The summed E-state index contributed by atoms with van der Waals surface area (Å²) in [5.41, 5.74) is 5.20. The van der Waals surface area contributed by atoms with Crippen LogP contribution in [0.1, 0.15) is 17.7 Å². The van der Waals surface area contributed by atoms with E-state index in [-0.39, 0.29) is 82.4 Å². The van der Waals surface area contributed by atoms with Crippen LogP contribution in [0.2, 0.25) is 0 Å². The van der Waals surface area contributed by atoms with Crippen molar-refractivity contribution in [1.82, 2.24) is 20.5 Å². The number of aromatic nitrogens is 1. The number of nitro groups is 1. The maximum Gasteiger partial charge on any atom is 1.00 e. The summed E-state index contributed by atoms with van der Waals surface area (Å²) in [5, 5.41) is 42.2. The number of carboxylic acids is 1. The molecule has 2 fully saturated rings. The molecule has 5 N–H and O–H groups in total. The van der Waals surface area contributed by atoms with E-state index in [9.17, 15) is 39.6 Å². The number of amides is 3. The number of benzene rings is 1. The Balaban J connectivity index is 0.00000405. The van der Waals surface area contributed by atoms with Crippen molar-refractivity contribution in [3.05, 3.63) is 73.6 Å². The van der Waals surface area contributed by atoms with Gasteiger partial charge in [0.2, 0.25) is 5.91 Å². The molecule has 212 valence electrons. The fourth-order valence-electron chi connectivity index (χ4n) is 4.81. The molecule has 16 nitrogen and oxygen atoms in total. The minimum absolute atomic E-state index is 0. The predicted octanol–water partition coefficient (Wildman–Crippen LogP) is -4.44. The largest absolute Gasteiger partial charge is 1.00 e. The van der Waals surface area contributed by atoms with Crippen LogP contribution in [0.3, 0.4) is 0 Å². The standard InChI is InChI=1S/C24H21N7O9S.Na/c25-24-27-14(9-41-24)16(29-37)21(33)28-17-15-8-40-19(18(23(35)36)30(15)22(17)34)13(12-5-6-26-20(12)32)7-10-1-3-11(4-2-10)31(38)39;/h1-4,9,15,17,37H,5-8H2,(H2,25,27)(H,26,32)(H,28,33)(H,35,36);/q;+1/p-1/b13-12+,29-16-;/t15-,17+;/m1./s1. The molecule has 0 unspecified atom stereocenters. The van der Waals surface area contributed by atoms with E-state index in [1.54, 1.807) is 0 Å². The predicted molar refractivity (Wildman–Crippen MR) is 137 cm³/mol. The summed E-state index contributed by atoms with van der Waals surface area (Å²) in [6.45, 7) is 0.0430. The van der Waals surface area contributed by atoms with Gasteiger partial charge in [0.15, 0.2) is 10.8 Å². The molecule has 3 amide bonds. The SMILES string of the molecule is Nc1nc(/C(=N/O)C(=O)N[C@@H]2C(=O)N3C(C(=O)[O-])=C(/C(Cc4ccc([N+](=O)[O-])cc4)=C4\CCNC4=O)OC[C@H]23)cs1.[Na+]. The molecule has 18 heteroatoms. The number of carboxylic acid groups (broad SMARTS) is 1. The number of nitrogens with one attached hydrogen (secondary N) is 2. The summed E-state index contributed by atoms with van der Waals surface area (Å²) in [6, 6.07) is 3.29. The molecule has 5 rings (SSSR count). The number of nitrogen functional groups attached to an aromatic ring is 1. The summed E-state index contributed by atoms with van der Waals surface area (Å²) in [6.07, 6.45) is 0.210. The summed E-state index contributed by atoms with van der Waals surface area (Å²) < 4.78 is 5.84. The van der Waals surface area contributed by atoms with E-state index in [0.29, 0.717) is 12.1 Å². The average molecular weight is 606 g/mol. The molecule has 3 aliphatic rings. The normalized spacial score (nSPS) is 21.0. The Morgan fingerprint density at radius 1 is 1.31 bits per heavy atom. The Hall–Kier alpha value is -4.32. The van der Waals surface area contributed by atoms with Crippen molar-refractivity contribution >= 4 is 51.6 Å². The molecule has 4 heterocycles. The minimum Gasteiger partial charge on any atom is -0.543 e. The molecule has 0 spiro atoms. The number of nitrogens with zero attached hydrogens (tertiary/aromatic N) is 4. The molecular weight excluding hydrogens is 585 g/mol. The Morgan fingerprint density at radius 3 is 2.57 bits per heavy atom. The topological polar surface area (TPSA) is 243 Å². The molecule has 0 aliphatic carbocycles. The van der Waals surface area contributed by atoms with Gasteiger partial charge in [0.05, 0.1) is 10.9 Å². The first kappa shape index (κ1) is 30.6. The third-order valence-corrected chi connectivity index (χ3v) is 7.41. The van der Waals surface area contributed by atoms with E-state index in [4.69, 9.17) is 10.5 Å². The van der Waals surface area contributed by atoms with Crippen LogP contribution in [0.15, 0.2) is 57.4 Å². The van der Waals surface area contributed by atoms with Gasteiger partial charge in [-0.3, -0.25) is 29.4 Å². The number of nitrogens with two attached hydrogens (primary N) is 1. The average Bonchev–Trinajstić information content (AvgIpc) is 3.57. The van der Waals surface area contributed by atoms with Crippen molar-refractivity contribution in [2.75, 3.05) is 18.9 Å². The smallest absolute Gasteiger partial charge is 0.543 e. The first-order valence-electron chi connectivity index (χ1n) is 12.0. The van der Waals surface area contributed by atoms with E-state index < -0.39 is 52.1 Å². The van der Waals surface area contributed by atoms with Crippen LogP contribution >= 0.6 is 11.3 Å². The number of hydrogen-bond acceptors (Lipinski definition) is 13. The number of rotatable bonds is 8. The second kappa shape index (κ2) is 12.3. The van der Waals surface area contributed by atoms with Crippen molar-refractivity contribution < 1.29 is 68.7 Å². The molecule has 2 saturated heterocycles. The van der Waals surface area contributed by atoms with Crippen molar-refractivity contribution in [2.24, 2.45) is 5.16 Å². The van der Waals surface area contributed by atoms with E-state index >= 15 is 0 Å². The second-order valence-corrected chi connectivity index (χ2v) is 9.98. The molecule has 2 atom stereocenters. The molecular formula is C24H20N7NaO9S. The zero-order valence-electron chi connectivity index (χ0n) is 21.9. The number of hydrogen-bond donors (Lipinski definition) is 4. The fourth-order valence-corrected chi connectivity index (χ4v) is 5.36. The number of carbonyl (C=O) groups excluding carboxylic acids is 4. The number of allylic oxidation sites excluding steroid dienone is 1. The van der Waals surface area contributed by atoms with Gasteiger partial charge in [-0.15, -0.1) is 11.3 Å². The third-order valence-electron chi connectivity index (χ3n) is 6.73. The van der Waals surface area contributed by atoms with Gasteiger partial charge < -0.3 is 36.2 Å². The summed E-state index contributed by atoms with van der Waals surface area (Å²) >= 11 is 1.00. The van der Waals surface area contributed by atoms with Gasteiger partial charge in [-0.1, -0.05) is 17.3 Å². The van der Waals surface area contributed by atoms with Crippen molar-refractivity contribution in [3.63, 3.8) is 0 Å². The molecule has 0 bridgehead atoms. The van der Waals surface area contributed by atoms with E-state index in [1.807, 2.05) is 0 Å². The molecule has 0 saturated carbocycles. The number of aliphatic carboxylic acids is 1. The zero-order valence-corrected chi connectivity index (χ0v) is 24.7. The maximum atomic E-state index is 13.1. The van der Waals surface area contributed by atoms with Crippen LogP contribution in [0.25, 0.3) is 0 Å². The first-order valence-corrected chi connectivity index (χ1v) is 12.9. The van der Waals surface area contributed by atoms with Gasteiger partial charge in [-0.05, 0) is 12.0 Å². The second-order valence-electron chi connectivity index (χ2n) is 9.09. The number of β-lactam (4-membered cyclic amide) rings is 1. The van der Waals surface area contributed by atoms with Gasteiger partial charge in [-0.25, -0.2) is 4.98 Å². The van der Waals surface area contributed by atoms with Gasteiger partial charge >= 0.3 is 29.6 Å². The molecule has 1 aromatic carbocycles. The molecule has 3 aliphatic heterocycles. The van der Waals surface area contributed by atoms with Crippen LogP contribution in [-0.2, 0) is 30.3 Å². The Bertz CT molecular complexity index is 1580. The number of ether oxygens (including phenoxy) is 1. The number of non-ortho nitro benzene ring substituents is 1.